The molecule has 0 aliphatic carbocycles. The monoisotopic (exact) mass is 445 g/mol. The summed E-state index contributed by atoms with van der Waals surface area (Å²) < 4.78 is 44.1. The lowest BCUT2D eigenvalue weighted by Gasteiger charge is -2.20. The number of nitrogens with zero attached hydrogens (tertiary/aromatic N) is 4. The number of alkyl halides is 3. The quantitative estimate of drug-likeness (QED) is 0.582. The maximum absolute atomic E-state index is 12.9. The first-order valence-electron chi connectivity index (χ1n) is 10.5. The van der Waals surface area contributed by atoms with Crippen molar-refractivity contribution in [3.8, 4) is 5.75 Å². The van der Waals surface area contributed by atoms with Crippen LogP contribution in [0.15, 0.2) is 48.7 Å². The SMILES string of the molecule is CN(C)c1ncccc1CN1CC[C@@H](c2cc(COc3cccc(C(F)(F)F)c3)[nH]n2)C1. The van der Waals surface area contributed by atoms with Crippen LogP contribution in [-0.2, 0) is 19.3 Å². The predicted molar refractivity (Wildman–Crippen MR) is 116 cm³/mol. The standard InChI is InChI=1S/C23H26F3N5O/c1-30(2)22-17(5-4-9-27-22)14-31-10-8-16(13-31)21-12-19(28-29-21)15-32-20-7-3-6-18(11-20)23(24,25)26/h3-7,9,11-12,16H,8,10,13-15H2,1-2H3,(H,28,29)/t16-/m1/s1. The van der Waals surface area contributed by atoms with Crippen molar-refractivity contribution in [2.24, 2.45) is 0 Å². The van der Waals surface area contributed by atoms with Crippen molar-refractivity contribution >= 4 is 5.82 Å². The van der Waals surface area contributed by atoms with Crippen LogP contribution in [-0.4, -0.2) is 47.3 Å². The zero-order valence-electron chi connectivity index (χ0n) is 18.1. The van der Waals surface area contributed by atoms with E-state index < -0.39 is 11.7 Å². The molecule has 0 bridgehead atoms. The molecule has 32 heavy (non-hydrogen) atoms. The van der Waals surface area contributed by atoms with Crippen molar-refractivity contribution in [2.45, 2.75) is 31.7 Å². The smallest absolute Gasteiger partial charge is 0.416 e. The third kappa shape index (κ3) is 5.21. The molecule has 0 unspecified atom stereocenters. The minimum atomic E-state index is -4.39. The zero-order valence-corrected chi connectivity index (χ0v) is 18.1. The van der Waals surface area contributed by atoms with E-state index in [1.54, 1.807) is 6.20 Å². The third-order valence-electron chi connectivity index (χ3n) is 5.58. The first-order chi connectivity index (χ1) is 15.3. The number of likely N-dealkylation sites (tertiary alicyclic amines) is 1. The molecule has 1 aliphatic rings. The number of pyridine rings is 1. The van der Waals surface area contributed by atoms with Crippen LogP contribution >= 0.6 is 0 Å². The number of anilines is 1. The molecule has 6 nitrogen and oxygen atoms in total. The van der Waals surface area contributed by atoms with E-state index in [1.807, 2.05) is 31.1 Å². The van der Waals surface area contributed by atoms with Gasteiger partial charge in [0.25, 0.3) is 0 Å². The Bertz CT molecular complexity index is 1050. The van der Waals surface area contributed by atoms with Crippen molar-refractivity contribution in [2.75, 3.05) is 32.1 Å². The highest BCUT2D eigenvalue weighted by Crippen LogP contribution is 2.32. The van der Waals surface area contributed by atoms with Crippen LogP contribution in [0.4, 0.5) is 19.0 Å². The van der Waals surface area contributed by atoms with Gasteiger partial charge in [-0.25, -0.2) is 4.98 Å². The Morgan fingerprint density at radius 2 is 2.03 bits per heavy atom. The number of halogens is 3. The van der Waals surface area contributed by atoms with E-state index in [-0.39, 0.29) is 12.4 Å². The van der Waals surface area contributed by atoms with Crippen molar-refractivity contribution < 1.29 is 17.9 Å². The number of ether oxygens (including phenoxy) is 1. The number of aromatic nitrogens is 3. The van der Waals surface area contributed by atoms with Gasteiger partial charge in [-0.05, 0) is 43.3 Å². The fourth-order valence-corrected chi connectivity index (χ4v) is 4.00. The van der Waals surface area contributed by atoms with Gasteiger partial charge in [0.15, 0.2) is 0 Å². The second-order valence-electron chi connectivity index (χ2n) is 8.23. The second kappa shape index (κ2) is 9.20. The third-order valence-corrected chi connectivity index (χ3v) is 5.58. The lowest BCUT2D eigenvalue weighted by atomic mass is 10.1. The number of hydrogen-bond donors (Lipinski definition) is 1. The summed E-state index contributed by atoms with van der Waals surface area (Å²) in [6.45, 7) is 2.82. The van der Waals surface area contributed by atoms with Gasteiger partial charge in [0, 0.05) is 44.9 Å². The van der Waals surface area contributed by atoms with Crippen LogP contribution in [0.25, 0.3) is 0 Å². The van der Waals surface area contributed by atoms with Gasteiger partial charge in [-0.3, -0.25) is 10.00 Å². The number of aromatic amines is 1. The largest absolute Gasteiger partial charge is 0.487 e. The zero-order chi connectivity index (χ0) is 22.7. The van der Waals surface area contributed by atoms with Crippen LogP contribution < -0.4 is 9.64 Å². The highest BCUT2D eigenvalue weighted by atomic mass is 19.4. The van der Waals surface area contributed by atoms with Crippen LogP contribution in [0, 0.1) is 0 Å². The van der Waals surface area contributed by atoms with Gasteiger partial charge in [0.05, 0.1) is 17.0 Å². The van der Waals surface area contributed by atoms with Gasteiger partial charge in [0.2, 0.25) is 0 Å². The molecule has 3 aromatic rings. The van der Waals surface area contributed by atoms with Crippen LogP contribution in [0.1, 0.15) is 34.9 Å². The summed E-state index contributed by atoms with van der Waals surface area (Å²) in [5.41, 5.74) is 2.15. The lowest BCUT2D eigenvalue weighted by molar-refractivity contribution is -0.137. The molecule has 1 saturated heterocycles. The van der Waals surface area contributed by atoms with Crippen LogP contribution in [0.3, 0.4) is 0 Å². The van der Waals surface area contributed by atoms with E-state index in [9.17, 15) is 13.2 Å². The lowest BCUT2D eigenvalue weighted by Crippen LogP contribution is -2.22. The summed E-state index contributed by atoms with van der Waals surface area (Å²) in [6, 6.07) is 10.9. The van der Waals surface area contributed by atoms with Crippen molar-refractivity contribution in [1.29, 1.82) is 0 Å². The molecule has 1 aromatic carbocycles. The van der Waals surface area contributed by atoms with Crippen LogP contribution in [0.2, 0.25) is 0 Å². The van der Waals surface area contributed by atoms with E-state index in [0.29, 0.717) is 5.92 Å². The number of benzene rings is 1. The van der Waals surface area contributed by atoms with Gasteiger partial charge < -0.3 is 9.64 Å². The molecule has 0 spiro atoms. The Labute approximate surface area is 185 Å². The molecular weight excluding hydrogens is 419 g/mol. The summed E-state index contributed by atoms with van der Waals surface area (Å²) >= 11 is 0. The maximum Gasteiger partial charge on any atom is 0.416 e. The average Bonchev–Trinajstić information content (AvgIpc) is 3.41. The Balaban J connectivity index is 1.34. The van der Waals surface area contributed by atoms with Crippen molar-refractivity contribution in [3.63, 3.8) is 0 Å². The average molecular weight is 445 g/mol. The summed E-state index contributed by atoms with van der Waals surface area (Å²) in [7, 11) is 3.98. The van der Waals surface area contributed by atoms with E-state index in [2.05, 4.69) is 26.1 Å². The number of rotatable bonds is 7. The van der Waals surface area contributed by atoms with E-state index in [1.165, 1.54) is 17.7 Å². The van der Waals surface area contributed by atoms with Gasteiger partial charge in [-0.1, -0.05) is 12.1 Å². The topological polar surface area (TPSA) is 57.3 Å². The molecule has 1 aliphatic heterocycles. The molecule has 170 valence electrons. The molecule has 0 amide bonds. The second-order valence-corrected chi connectivity index (χ2v) is 8.23. The molecule has 1 fully saturated rings. The van der Waals surface area contributed by atoms with Crippen molar-refractivity contribution in [3.05, 3.63) is 71.2 Å². The molecule has 1 atom stereocenters. The summed E-state index contributed by atoms with van der Waals surface area (Å²) in [4.78, 5) is 8.88. The Kier molecular flexibility index (Phi) is 6.36. The highest BCUT2D eigenvalue weighted by molar-refractivity contribution is 5.45. The molecule has 9 heteroatoms. The fourth-order valence-electron chi connectivity index (χ4n) is 4.00. The minimum Gasteiger partial charge on any atom is -0.487 e. The Hall–Kier alpha value is -3.07. The molecule has 4 rings (SSSR count). The maximum atomic E-state index is 12.9. The Morgan fingerprint density at radius 3 is 2.81 bits per heavy atom. The molecule has 0 radical (unpaired) electrons. The fraction of sp³-hybridized carbons (Fsp3) is 0.391. The molecule has 3 heterocycles. The van der Waals surface area contributed by atoms with Gasteiger partial charge >= 0.3 is 6.18 Å². The van der Waals surface area contributed by atoms with Crippen molar-refractivity contribution in [1.82, 2.24) is 20.1 Å². The molecule has 0 saturated carbocycles. The van der Waals surface area contributed by atoms with Gasteiger partial charge in [-0.15, -0.1) is 0 Å². The first kappa shape index (κ1) is 22.1. The number of nitrogens with one attached hydrogen (secondary N) is 1. The summed E-state index contributed by atoms with van der Waals surface area (Å²) in [5.74, 6) is 1.45. The van der Waals surface area contributed by atoms with Gasteiger partial charge in [0.1, 0.15) is 18.2 Å². The first-order valence-corrected chi connectivity index (χ1v) is 10.5. The van der Waals surface area contributed by atoms with E-state index in [4.69, 9.17) is 4.74 Å². The molecule has 1 N–H and O–H groups in total. The van der Waals surface area contributed by atoms with E-state index in [0.717, 1.165) is 55.4 Å². The number of hydrogen-bond acceptors (Lipinski definition) is 5. The predicted octanol–water partition coefficient (Wildman–Crippen LogP) is 4.46. The Morgan fingerprint density at radius 1 is 1.19 bits per heavy atom. The van der Waals surface area contributed by atoms with Gasteiger partial charge in [-0.2, -0.15) is 18.3 Å². The van der Waals surface area contributed by atoms with Crippen LogP contribution in [0.5, 0.6) is 5.75 Å². The summed E-state index contributed by atoms with van der Waals surface area (Å²) in [6.07, 6.45) is -1.59. The summed E-state index contributed by atoms with van der Waals surface area (Å²) in [5, 5.41) is 7.38. The molecule has 2 aromatic heterocycles. The minimum absolute atomic E-state index is 0.132. The highest BCUT2D eigenvalue weighted by Gasteiger charge is 2.30. The normalized spacial score (nSPS) is 17.0. The number of H-pyrrole nitrogens is 1. The van der Waals surface area contributed by atoms with E-state index >= 15 is 0 Å². The molecular formula is C23H26F3N5O.